The van der Waals surface area contributed by atoms with Gasteiger partial charge in [0.15, 0.2) is 0 Å². The third-order valence-corrected chi connectivity index (χ3v) is 9.90. The van der Waals surface area contributed by atoms with Crippen molar-refractivity contribution in [3.63, 3.8) is 0 Å². The van der Waals surface area contributed by atoms with Crippen LogP contribution in [-0.2, 0) is 32.6 Å². The number of benzene rings is 2. The van der Waals surface area contributed by atoms with E-state index in [1.807, 2.05) is 53.6 Å². The zero-order valence-corrected chi connectivity index (χ0v) is 24.7. The number of amides is 2. The molecule has 4 rings (SSSR count). The van der Waals surface area contributed by atoms with Gasteiger partial charge < -0.3 is 14.5 Å². The summed E-state index contributed by atoms with van der Waals surface area (Å²) in [4.78, 5) is 31.6. The number of carbonyl (C=O) groups is 2. The van der Waals surface area contributed by atoms with Crippen molar-refractivity contribution in [2.75, 3.05) is 33.3 Å². The first-order chi connectivity index (χ1) is 19.3. The number of sulfonamides is 1. The number of hydrogen-bond acceptors (Lipinski definition) is 6. The summed E-state index contributed by atoms with van der Waals surface area (Å²) in [6.07, 6.45) is 2.25. The van der Waals surface area contributed by atoms with Crippen LogP contribution in [0.5, 0.6) is 5.75 Å². The Labute approximate surface area is 241 Å². The Kier molecular flexibility index (Phi) is 10.4. The summed E-state index contributed by atoms with van der Waals surface area (Å²) in [5.41, 5.74) is 0.929. The highest BCUT2D eigenvalue weighted by molar-refractivity contribution is 7.89. The van der Waals surface area contributed by atoms with E-state index in [-0.39, 0.29) is 35.8 Å². The largest absolute Gasteiger partial charge is 0.497 e. The lowest BCUT2D eigenvalue weighted by atomic mass is 10.0. The Morgan fingerprint density at radius 1 is 1.00 bits per heavy atom. The Bertz CT molecular complexity index is 1340. The molecule has 2 heterocycles. The molecular formula is C30H37N3O5S2. The fourth-order valence-electron chi connectivity index (χ4n) is 4.97. The predicted octanol–water partition coefficient (Wildman–Crippen LogP) is 4.42. The van der Waals surface area contributed by atoms with Crippen molar-refractivity contribution in [2.45, 2.75) is 50.1 Å². The highest BCUT2D eigenvalue weighted by Gasteiger charge is 2.33. The maximum absolute atomic E-state index is 13.9. The molecule has 0 atom stereocenters. The van der Waals surface area contributed by atoms with Gasteiger partial charge in [0, 0.05) is 37.1 Å². The standard InChI is InChI=1S/C30H37N3O5S2/c1-3-17-32(40(36,37)28-9-5-4-6-10-28)23-30(35)33(22-24-11-13-26(38-2)14-12-24)25-15-18-31(19-16-25)29(34)21-27-8-7-20-39-27/h4-14,20,25H,3,15-19,21-23H2,1-2H3. The summed E-state index contributed by atoms with van der Waals surface area (Å²) in [6.45, 7) is 3.37. The first-order valence-corrected chi connectivity index (χ1v) is 15.9. The van der Waals surface area contributed by atoms with Crippen LogP contribution < -0.4 is 4.74 Å². The Balaban J connectivity index is 1.51. The third kappa shape index (κ3) is 7.50. The first kappa shape index (κ1) is 29.8. The molecule has 0 N–H and O–H groups in total. The van der Waals surface area contributed by atoms with Gasteiger partial charge in [0.1, 0.15) is 5.75 Å². The van der Waals surface area contributed by atoms with E-state index in [0.717, 1.165) is 16.2 Å². The smallest absolute Gasteiger partial charge is 0.243 e. The number of rotatable bonds is 12. The monoisotopic (exact) mass is 583 g/mol. The maximum atomic E-state index is 13.9. The van der Waals surface area contributed by atoms with E-state index < -0.39 is 10.0 Å². The highest BCUT2D eigenvalue weighted by atomic mass is 32.2. The molecule has 1 aliphatic heterocycles. The van der Waals surface area contributed by atoms with Crippen LogP contribution in [0.4, 0.5) is 0 Å². The lowest BCUT2D eigenvalue weighted by molar-refractivity contribution is -0.137. The van der Waals surface area contributed by atoms with E-state index in [0.29, 0.717) is 45.3 Å². The molecule has 0 aliphatic carbocycles. The summed E-state index contributed by atoms with van der Waals surface area (Å²) in [7, 11) is -2.23. The Hall–Kier alpha value is -3.21. The Morgan fingerprint density at radius 3 is 2.30 bits per heavy atom. The van der Waals surface area contributed by atoms with E-state index in [9.17, 15) is 18.0 Å². The fraction of sp³-hybridized carbons (Fsp3) is 0.400. The van der Waals surface area contributed by atoms with Gasteiger partial charge in [-0.15, -0.1) is 11.3 Å². The molecule has 2 aromatic carbocycles. The second-order valence-electron chi connectivity index (χ2n) is 9.89. The molecule has 1 fully saturated rings. The van der Waals surface area contributed by atoms with Gasteiger partial charge in [0.05, 0.1) is 25.0 Å². The lowest BCUT2D eigenvalue weighted by Crippen LogP contribution is -2.51. The van der Waals surface area contributed by atoms with Crippen molar-refractivity contribution in [3.05, 3.63) is 82.6 Å². The van der Waals surface area contributed by atoms with Gasteiger partial charge in [-0.25, -0.2) is 8.42 Å². The molecule has 1 aliphatic rings. The number of likely N-dealkylation sites (tertiary alicyclic amines) is 1. The van der Waals surface area contributed by atoms with Crippen LogP contribution in [0.25, 0.3) is 0 Å². The molecule has 8 nitrogen and oxygen atoms in total. The van der Waals surface area contributed by atoms with E-state index in [4.69, 9.17) is 4.74 Å². The average Bonchev–Trinajstić information content (AvgIpc) is 3.49. The molecule has 0 radical (unpaired) electrons. The van der Waals surface area contributed by atoms with Gasteiger partial charge in [0.2, 0.25) is 21.8 Å². The molecular weight excluding hydrogens is 546 g/mol. The maximum Gasteiger partial charge on any atom is 0.243 e. The average molecular weight is 584 g/mol. The number of hydrogen-bond donors (Lipinski definition) is 0. The van der Waals surface area contributed by atoms with E-state index in [2.05, 4.69) is 0 Å². The summed E-state index contributed by atoms with van der Waals surface area (Å²) >= 11 is 1.58. The molecule has 0 unspecified atom stereocenters. The zero-order chi connectivity index (χ0) is 28.5. The zero-order valence-electron chi connectivity index (χ0n) is 23.1. The molecule has 0 spiro atoms. The minimum Gasteiger partial charge on any atom is -0.497 e. The quantitative estimate of drug-likeness (QED) is 0.315. The van der Waals surface area contributed by atoms with Crippen molar-refractivity contribution in [2.24, 2.45) is 0 Å². The van der Waals surface area contributed by atoms with E-state index in [1.165, 1.54) is 4.31 Å². The van der Waals surface area contributed by atoms with Gasteiger partial charge in [-0.2, -0.15) is 4.31 Å². The van der Waals surface area contributed by atoms with Crippen LogP contribution in [0.15, 0.2) is 77.0 Å². The normalized spacial score (nSPS) is 14.3. The molecule has 0 saturated carbocycles. The second kappa shape index (κ2) is 13.9. The number of nitrogens with zero attached hydrogens (tertiary/aromatic N) is 3. The number of piperidine rings is 1. The number of thiophene rings is 1. The van der Waals surface area contributed by atoms with Crippen LogP contribution in [0.1, 0.15) is 36.6 Å². The molecule has 3 aromatic rings. The molecule has 1 aromatic heterocycles. The minimum absolute atomic E-state index is 0.0945. The number of ether oxygens (including phenoxy) is 1. The Morgan fingerprint density at radius 2 is 1.70 bits per heavy atom. The van der Waals surface area contributed by atoms with Crippen LogP contribution in [0, 0.1) is 0 Å². The van der Waals surface area contributed by atoms with Crippen LogP contribution in [0.3, 0.4) is 0 Å². The second-order valence-corrected chi connectivity index (χ2v) is 12.9. The summed E-state index contributed by atoms with van der Waals surface area (Å²) in [6, 6.07) is 19.6. The van der Waals surface area contributed by atoms with Crippen molar-refractivity contribution < 1.29 is 22.7 Å². The van der Waals surface area contributed by atoms with Crippen LogP contribution in [-0.4, -0.2) is 73.7 Å². The molecule has 0 bridgehead atoms. The summed E-state index contributed by atoms with van der Waals surface area (Å²) in [5.74, 6) is 0.575. The van der Waals surface area contributed by atoms with Gasteiger partial charge in [0.25, 0.3) is 0 Å². The SMILES string of the molecule is CCCN(CC(=O)N(Cc1ccc(OC)cc1)C1CCN(C(=O)Cc2cccs2)CC1)S(=O)(=O)c1ccccc1. The molecule has 40 heavy (non-hydrogen) atoms. The van der Waals surface area contributed by atoms with E-state index >= 15 is 0 Å². The number of methoxy groups -OCH3 is 1. The number of carbonyl (C=O) groups excluding carboxylic acids is 2. The highest BCUT2D eigenvalue weighted by Crippen LogP contribution is 2.23. The van der Waals surface area contributed by atoms with Crippen molar-refractivity contribution >= 4 is 33.2 Å². The topological polar surface area (TPSA) is 87.2 Å². The lowest BCUT2D eigenvalue weighted by Gasteiger charge is -2.39. The van der Waals surface area contributed by atoms with Crippen LogP contribution >= 0.6 is 11.3 Å². The molecule has 2 amide bonds. The molecule has 1 saturated heterocycles. The van der Waals surface area contributed by atoms with Crippen molar-refractivity contribution in [3.8, 4) is 5.75 Å². The van der Waals surface area contributed by atoms with Gasteiger partial charge in [-0.1, -0.05) is 43.3 Å². The van der Waals surface area contributed by atoms with E-state index in [1.54, 1.807) is 53.7 Å². The first-order valence-electron chi connectivity index (χ1n) is 13.6. The van der Waals surface area contributed by atoms with Crippen molar-refractivity contribution in [1.29, 1.82) is 0 Å². The minimum atomic E-state index is -3.83. The van der Waals surface area contributed by atoms with Crippen LogP contribution in [0.2, 0.25) is 0 Å². The van der Waals surface area contributed by atoms with Gasteiger partial charge in [-0.3, -0.25) is 9.59 Å². The predicted molar refractivity (Wildman–Crippen MR) is 157 cm³/mol. The van der Waals surface area contributed by atoms with Gasteiger partial charge >= 0.3 is 0 Å². The molecule has 214 valence electrons. The van der Waals surface area contributed by atoms with Crippen molar-refractivity contribution in [1.82, 2.24) is 14.1 Å². The summed E-state index contributed by atoms with van der Waals surface area (Å²) < 4.78 is 33.4. The molecule has 10 heteroatoms. The third-order valence-electron chi connectivity index (χ3n) is 7.16. The summed E-state index contributed by atoms with van der Waals surface area (Å²) in [5, 5.41) is 1.97. The fourth-order valence-corrected chi connectivity index (χ4v) is 7.16. The van der Waals surface area contributed by atoms with Gasteiger partial charge in [-0.05, 0) is 60.5 Å².